The van der Waals surface area contributed by atoms with Crippen molar-refractivity contribution in [2.45, 2.75) is 13.0 Å². The molecule has 2 heterocycles. The van der Waals surface area contributed by atoms with Crippen molar-refractivity contribution in [2.75, 3.05) is 0 Å². The number of nitro groups is 1. The van der Waals surface area contributed by atoms with Gasteiger partial charge in [0.05, 0.1) is 9.95 Å². The van der Waals surface area contributed by atoms with Crippen LogP contribution in [0.5, 0.6) is 5.88 Å². The van der Waals surface area contributed by atoms with Crippen LogP contribution in [0, 0.1) is 10.1 Å². The van der Waals surface area contributed by atoms with Crippen LogP contribution < -0.4 is 4.74 Å². The first-order chi connectivity index (χ1) is 8.56. The topological polar surface area (TPSA) is 65.3 Å². The van der Waals surface area contributed by atoms with Gasteiger partial charge in [0.25, 0.3) is 5.69 Å². The Hall–Kier alpha value is -1.66. The average molecular weight is 285 g/mol. The van der Waals surface area contributed by atoms with Crippen LogP contribution in [0.15, 0.2) is 29.8 Å². The normalized spacial score (nSPS) is 12.1. The second-order valence-corrected chi connectivity index (χ2v) is 4.92. The molecule has 0 spiro atoms. The van der Waals surface area contributed by atoms with Crippen LogP contribution in [0.25, 0.3) is 0 Å². The lowest BCUT2D eigenvalue weighted by atomic mass is 10.3. The maximum absolute atomic E-state index is 10.5. The molecule has 0 aromatic carbocycles. The van der Waals surface area contributed by atoms with Crippen LogP contribution >= 0.6 is 22.9 Å². The maximum atomic E-state index is 10.5. The van der Waals surface area contributed by atoms with Crippen molar-refractivity contribution >= 4 is 28.6 Å². The lowest BCUT2D eigenvalue weighted by Gasteiger charge is -2.11. The molecule has 0 saturated heterocycles. The van der Waals surface area contributed by atoms with Crippen molar-refractivity contribution in [1.82, 2.24) is 4.98 Å². The smallest absolute Gasteiger partial charge is 0.287 e. The fourth-order valence-corrected chi connectivity index (χ4v) is 2.40. The third-order valence-corrected chi connectivity index (χ3v) is 3.66. The highest BCUT2D eigenvalue weighted by Gasteiger charge is 2.12. The van der Waals surface area contributed by atoms with Crippen molar-refractivity contribution < 1.29 is 9.66 Å². The number of hydrogen-bond acceptors (Lipinski definition) is 5. The van der Waals surface area contributed by atoms with E-state index in [1.54, 1.807) is 0 Å². The largest absolute Gasteiger partial charge is 0.469 e. The molecule has 0 N–H and O–H groups in total. The van der Waals surface area contributed by atoms with E-state index >= 15 is 0 Å². The molecule has 2 aromatic rings. The second-order valence-electron chi connectivity index (χ2n) is 3.54. The highest BCUT2D eigenvalue weighted by atomic mass is 35.5. The zero-order valence-corrected chi connectivity index (χ0v) is 10.9. The van der Waals surface area contributed by atoms with Gasteiger partial charge in [0, 0.05) is 22.4 Å². The molecule has 0 aliphatic carbocycles. The zero-order chi connectivity index (χ0) is 13.1. The molecule has 2 rings (SSSR count). The molecule has 7 heteroatoms. The molecular formula is C11H9ClN2O3S. The van der Waals surface area contributed by atoms with Gasteiger partial charge in [-0.15, -0.1) is 11.3 Å². The third-order valence-electron chi connectivity index (χ3n) is 2.22. The van der Waals surface area contributed by atoms with Gasteiger partial charge in [-0.3, -0.25) is 10.1 Å². The number of halogens is 1. The minimum Gasteiger partial charge on any atom is -0.469 e. The van der Waals surface area contributed by atoms with Crippen molar-refractivity contribution in [1.29, 1.82) is 0 Å². The molecule has 0 aliphatic rings. The van der Waals surface area contributed by atoms with E-state index in [2.05, 4.69) is 4.98 Å². The standard InChI is InChI=1S/C11H9ClN2O3S/c1-7(10-4-8(12)6-18-10)17-11-3-2-9(5-13-11)14(15)16/h2-7H,1H3. The molecule has 0 radical (unpaired) electrons. The lowest BCUT2D eigenvalue weighted by molar-refractivity contribution is -0.385. The average Bonchev–Trinajstić information content (AvgIpc) is 2.76. The molecule has 1 unspecified atom stereocenters. The van der Waals surface area contributed by atoms with Crippen LogP contribution in [0.2, 0.25) is 5.02 Å². The summed E-state index contributed by atoms with van der Waals surface area (Å²) in [6.07, 6.45) is 0.972. The van der Waals surface area contributed by atoms with Gasteiger partial charge >= 0.3 is 0 Å². The fourth-order valence-electron chi connectivity index (χ4n) is 1.33. The summed E-state index contributed by atoms with van der Waals surface area (Å²) < 4.78 is 5.57. The molecule has 0 amide bonds. The van der Waals surface area contributed by atoms with E-state index in [-0.39, 0.29) is 11.8 Å². The Morgan fingerprint density at radius 2 is 2.33 bits per heavy atom. The van der Waals surface area contributed by atoms with E-state index < -0.39 is 4.92 Å². The van der Waals surface area contributed by atoms with E-state index in [0.29, 0.717) is 10.9 Å². The first-order valence-corrected chi connectivity index (χ1v) is 6.33. The number of thiophene rings is 1. The van der Waals surface area contributed by atoms with Gasteiger partial charge in [-0.2, -0.15) is 0 Å². The van der Waals surface area contributed by atoms with E-state index in [0.717, 1.165) is 4.88 Å². The van der Waals surface area contributed by atoms with Gasteiger partial charge in [-0.05, 0) is 13.0 Å². The highest BCUT2D eigenvalue weighted by Crippen LogP contribution is 2.28. The summed E-state index contributed by atoms with van der Waals surface area (Å²) in [5.41, 5.74) is -0.0610. The van der Waals surface area contributed by atoms with E-state index in [1.165, 1.54) is 29.7 Å². The summed E-state index contributed by atoms with van der Waals surface area (Å²) in [6, 6.07) is 4.66. The number of hydrogen-bond donors (Lipinski definition) is 0. The first kappa shape index (κ1) is 12.8. The number of ether oxygens (including phenoxy) is 1. The Labute approximate surface area is 112 Å². The Kier molecular flexibility index (Phi) is 3.78. The summed E-state index contributed by atoms with van der Waals surface area (Å²) in [4.78, 5) is 14.8. The monoisotopic (exact) mass is 284 g/mol. The number of rotatable bonds is 4. The van der Waals surface area contributed by atoms with Crippen molar-refractivity contribution in [3.05, 3.63) is 49.8 Å². The Balaban J connectivity index is 2.07. The SMILES string of the molecule is CC(Oc1ccc([N+](=O)[O-])cn1)c1cc(Cl)cs1. The van der Waals surface area contributed by atoms with E-state index in [1.807, 2.05) is 18.4 Å². The van der Waals surface area contributed by atoms with Crippen LogP contribution in [-0.2, 0) is 0 Å². The Bertz CT molecular complexity index is 556. The summed E-state index contributed by atoms with van der Waals surface area (Å²) in [5, 5.41) is 13.0. The highest BCUT2D eigenvalue weighted by molar-refractivity contribution is 7.10. The van der Waals surface area contributed by atoms with Gasteiger partial charge < -0.3 is 4.74 Å². The van der Waals surface area contributed by atoms with Gasteiger partial charge in [-0.25, -0.2) is 4.98 Å². The molecule has 2 aromatic heterocycles. The van der Waals surface area contributed by atoms with Crippen LogP contribution in [0.3, 0.4) is 0 Å². The molecule has 5 nitrogen and oxygen atoms in total. The molecule has 94 valence electrons. The maximum Gasteiger partial charge on any atom is 0.287 e. The zero-order valence-electron chi connectivity index (χ0n) is 9.37. The molecule has 0 fully saturated rings. The predicted octanol–water partition coefficient (Wildman–Crippen LogP) is 3.84. The predicted molar refractivity (Wildman–Crippen MR) is 69.3 cm³/mol. The number of pyridine rings is 1. The van der Waals surface area contributed by atoms with E-state index in [9.17, 15) is 10.1 Å². The second kappa shape index (κ2) is 5.32. The Morgan fingerprint density at radius 1 is 1.56 bits per heavy atom. The summed E-state index contributed by atoms with van der Waals surface area (Å²) in [6.45, 7) is 1.87. The fraction of sp³-hybridized carbons (Fsp3) is 0.182. The minimum absolute atomic E-state index is 0.0610. The Morgan fingerprint density at radius 3 is 2.83 bits per heavy atom. The summed E-state index contributed by atoms with van der Waals surface area (Å²) in [7, 11) is 0. The molecular weight excluding hydrogens is 276 g/mol. The van der Waals surface area contributed by atoms with Gasteiger partial charge in [-0.1, -0.05) is 11.6 Å². The molecule has 0 aliphatic heterocycles. The number of nitrogens with zero attached hydrogens (tertiary/aromatic N) is 2. The molecule has 1 atom stereocenters. The van der Waals surface area contributed by atoms with Crippen LogP contribution in [0.4, 0.5) is 5.69 Å². The van der Waals surface area contributed by atoms with Crippen molar-refractivity contribution in [2.24, 2.45) is 0 Å². The third kappa shape index (κ3) is 2.96. The summed E-state index contributed by atoms with van der Waals surface area (Å²) in [5.74, 6) is 0.345. The van der Waals surface area contributed by atoms with Gasteiger partial charge in [0.15, 0.2) is 0 Å². The number of aromatic nitrogens is 1. The first-order valence-electron chi connectivity index (χ1n) is 5.07. The molecule has 18 heavy (non-hydrogen) atoms. The van der Waals surface area contributed by atoms with Gasteiger partial charge in [0.2, 0.25) is 5.88 Å². The van der Waals surface area contributed by atoms with Crippen molar-refractivity contribution in [3.63, 3.8) is 0 Å². The lowest BCUT2D eigenvalue weighted by Crippen LogP contribution is -2.02. The molecule has 0 bridgehead atoms. The van der Waals surface area contributed by atoms with Gasteiger partial charge in [0.1, 0.15) is 12.3 Å². The quantitative estimate of drug-likeness (QED) is 0.632. The van der Waals surface area contributed by atoms with E-state index in [4.69, 9.17) is 16.3 Å². The van der Waals surface area contributed by atoms with Crippen molar-refractivity contribution in [3.8, 4) is 5.88 Å². The minimum atomic E-state index is -0.501. The van der Waals surface area contributed by atoms with Crippen LogP contribution in [0.1, 0.15) is 17.9 Å². The molecule has 0 saturated carbocycles. The summed E-state index contributed by atoms with van der Waals surface area (Å²) >= 11 is 7.32. The van der Waals surface area contributed by atoms with Crippen LogP contribution in [-0.4, -0.2) is 9.91 Å².